The van der Waals surface area contributed by atoms with Gasteiger partial charge in [0, 0.05) is 6.20 Å². The first kappa shape index (κ1) is 11.6. The fraction of sp³-hybridized carbons (Fsp3) is 0.583. The summed E-state index contributed by atoms with van der Waals surface area (Å²) < 4.78 is 19.1. The molecule has 0 N–H and O–H groups in total. The summed E-state index contributed by atoms with van der Waals surface area (Å²) in [5.74, 6) is -0.302. The maximum atomic E-state index is 13.1. The van der Waals surface area contributed by atoms with Crippen LogP contribution in [0.25, 0.3) is 0 Å². The monoisotopic (exact) mass is 221 g/mol. The fourth-order valence-corrected chi connectivity index (χ4v) is 2.06. The highest BCUT2D eigenvalue weighted by Crippen LogP contribution is 2.44. The Bertz CT molecular complexity index is 390. The second-order valence-electron chi connectivity index (χ2n) is 5.64. The predicted octanol–water partition coefficient (Wildman–Crippen LogP) is 2.25. The lowest BCUT2D eigenvalue weighted by atomic mass is 9.54. The van der Waals surface area contributed by atoms with Crippen molar-refractivity contribution in [3.8, 4) is 0 Å². The maximum Gasteiger partial charge on any atom is 0.329 e. The molecule has 2 heterocycles. The minimum Gasteiger partial charge on any atom is -0.425 e. The SMILES string of the molecule is CC1(C)CB(c2cncc(F)c2)OC1(C)C. The van der Waals surface area contributed by atoms with E-state index in [9.17, 15) is 4.39 Å². The number of aromatic nitrogens is 1. The number of pyridine rings is 1. The van der Waals surface area contributed by atoms with Crippen LogP contribution < -0.4 is 5.46 Å². The lowest BCUT2D eigenvalue weighted by molar-refractivity contribution is 0.0375. The molecule has 0 spiro atoms. The van der Waals surface area contributed by atoms with Gasteiger partial charge in [-0.3, -0.25) is 4.98 Å². The number of nitrogens with zero attached hydrogens (tertiary/aromatic N) is 1. The van der Waals surface area contributed by atoms with Gasteiger partial charge in [0.05, 0.1) is 11.8 Å². The molecule has 2 nitrogen and oxygen atoms in total. The Morgan fingerprint density at radius 3 is 2.50 bits per heavy atom. The Labute approximate surface area is 96.3 Å². The highest BCUT2D eigenvalue weighted by Gasteiger charge is 2.49. The van der Waals surface area contributed by atoms with Crippen LogP contribution in [0.2, 0.25) is 6.32 Å². The average Bonchev–Trinajstić information content (AvgIpc) is 2.36. The second-order valence-corrected chi connectivity index (χ2v) is 5.64. The van der Waals surface area contributed by atoms with Crippen molar-refractivity contribution in [2.24, 2.45) is 5.41 Å². The highest BCUT2D eigenvalue weighted by molar-refractivity contribution is 6.68. The molecule has 1 aliphatic rings. The molecule has 86 valence electrons. The number of hydrogen-bond donors (Lipinski definition) is 0. The van der Waals surface area contributed by atoms with E-state index in [4.69, 9.17) is 4.65 Å². The van der Waals surface area contributed by atoms with Crippen LogP contribution in [0.3, 0.4) is 0 Å². The van der Waals surface area contributed by atoms with Gasteiger partial charge < -0.3 is 4.65 Å². The van der Waals surface area contributed by atoms with Gasteiger partial charge in [-0.2, -0.15) is 0 Å². The second kappa shape index (κ2) is 3.55. The number of rotatable bonds is 1. The van der Waals surface area contributed by atoms with E-state index >= 15 is 0 Å². The van der Waals surface area contributed by atoms with Gasteiger partial charge in [0.2, 0.25) is 0 Å². The van der Waals surface area contributed by atoms with Crippen LogP contribution in [0, 0.1) is 11.2 Å². The Kier molecular flexibility index (Phi) is 2.57. The smallest absolute Gasteiger partial charge is 0.329 e. The summed E-state index contributed by atoms with van der Waals surface area (Å²) in [4.78, 5) is 3.87. The van der Waals surface area contributed by atoms with Gasteiger partial charge in [-0.05, 0) is 37.1 Å². The van der Waals surface area contributed by atoms with E-state index in [0.717, 1.165) is 11.8 Å². The standard InChI is InChI=1S/C12H17BFNO/c1-11(2)8-13(16-12(11,3)4)9-5-10(14)7-15-6-9/h5-7H,8H2,1-4H3. The molecule has 1 fully saturated rings. The van der Waals surface area contributed by atoms with E-state index in [-0.39, 0.29) is 23.7 Å². The van der Waals surface area contributed by atoms with Crippen molar-refractivity contribution in [2.45, 2.75) is 39.6 Å². The van der Waals surface area contributed by atoms with Gasteiger partial charge >= 0.3 is 6.92 Å². The van der Waals surface area contributed by atoms with E-state index in [1.165, 1.54) is 12.3 Å². The van der Waals surface area contributed by atoms with E-state index in [0.29, 0.717) is 0 Å². The molecule has 0 saturated carbocycles. The van der Waals surface area contributed by atoms with Crippen molar-refractivity contribution in [1.82, 2.24) is 4.98 Å². The van der Waals surface area contributed by atoms with Gasteiger partial charge in [-0.15, -0.1) is 0 Å². The van der Waals surface area contributed by atoms with Gasteiger partial charge in [0.25, 0.3) is 0 Å². The van der Waals surface area contributed by atoms with Crippen LogP contribution in [-0.2, 0) is 4.65 Å². The van der Waals surface area contributed by atoms with E-state index in [2.05, 4.69) is 32.7 Å². The quantitative estimate of drug-likeness (QED) is 0.678. The summed E-state index contributed by atoms with van der Waals surface area (Å²) in [5, 5.41) is 0. The Morgan fingerprint density at radius 2 is 2.00 bits per heavy atom. The summed E-state index contributed by atoms with van der Waals surface area (Å²) in [7, 11) is 0. The Morgan fingerprint density at radius 1 is 1.31 bits per heavy atom. The van der Waals surface area contributed by atoms with Crippen molar-refractivity contribution in [3.05, 3.63) is 24.3 Å². The van der Waals surface area contributed by atoms with Gasteiger partial charge in [0.1, 0.15) is 5.82 Å². The van der Waals surface area contributed by atoms with Crippen LogP contribution in [0.1, 0.15) is 27.7 Å². The zero-order chi connectivity index (χ0) is 12.0. The minimum atomic E-state index is -0.302. The first-order chi connectivity index (χ1) is 7.32. The third-order valence-electron chi connectivity index (χ3n) is 3.86. The van der Waals surface area contributed by atoms with Gasteiger partial charge in [-0.1, -0.05) is 13.8 Å². The van der Waals surface area contributed by atoms with Crippen molar-refractivity contribution in [3.63, 3.8) is 0 Å². The van der Waals surface area contributed by atoms with Crippen molar-refractivity contribution in [2.75, 3.05) is 0 Å². The molecule has 0 unspecified atom stereocenters. The number of hydrogen-bond acceptors (Lipinski definition) is 2. The molecule has 1 aromatic heterocycles. The average molecular weight is 221 g/mol. The van der Waals surface area contributed by atoms with E-state index in [1.54, 1.807) is 6.20 Å². The minimum absolute atomic E-state index is 0.0480. The Balaban J connectivity index is 2.27. The summed E-state index contributed by atoms with van der Waals surface area (Å²) in [5.41, 5.74) is 0.729. The molecular formula is C12H17BFNO. The maximum absolute atomic E-state index is 13.1. The summed E-state index contributed by atoms with van der Waals surface area (Å²) in [6, 6.07) is 1.51. The van der Waals surface area contributed by atoms with Crippen LogP contribution in [0.5, 0.6) is 0 Å². The normalized spacial score (nSPS) is 22.4. The molecule has 0 aromatic carbocycles. The molecule has 2 rings (SSSR count). The Hall–Kier alpha value is -0.895. The molecule has 16 heavy (non-hydrogen) atoms. The lowest BCUT2D eigenvalue weighted by Gasteiger charge is -2.34. The first-order valence-electron chi connectivity index (χ1n) is 5.60. The number of halogens is 1. The fourth-order valence-electron chi connectivity index (χ4n) is 2.06. The van der Waals surface area contributed by atoms with Crippen LogP contribution >= 0.6 is 0 Å². The highest BCUT2D eigenvalue weighted by atomic mass is 19.1. The largest absolute Gasteiger partial charge is 0.425 e. The molecule has 0 radical (unpaired) electrons. The third kappa shape index (κ3) is 1.86. The molecule has 4 heteroatoms. The summed E-state index contributed by atoms with van der Waals surface area (Å²) in [6.07, 6.45) is 3.80. The van der Waals surface area contributed by atoms with E-state index in [1.807, 2.05) is 0 Å². The predicted molar refractivity (Wildman–Crippen MR) is 63.3 cm³/mol. The molecule has 0 atom stereocenters. The zero-order valence-corrected chi connectivity index (χ0v) is 10.2. The lowest BCUT2D eigenvalue weighted by Crippen LogP contribution is -2.36. The summed E-state index contributed by atoms with van der Waals surface area (Å²) in [6.45, 7) is 8.48. The van der Waals surface area contributed by atoms with Crippen molar-refractivity contribution >= 4 is 12.4 Å². The molecular weight excluding hydrogens is 204 g/mol. The van der Waals surface area contributed by atoms with Crippen LogP contribution in [0.15, 0.2) is 18.5 Å². The van der Waals surface area contributed by atoms with Crippen molar-refractivity contribution in [1.29, 1.82) is 0 Å². The molecule has 0 aliphatic carbocycles. The molecule has 1 saturated heterocycles. The molecule has 0 bridgehead atoms. The summed E-state index contributed by atoms with van der Waals surface area (Å²) >= 11 is 0. The van der Waals surface area contributed by atoms with Crippen molar-refractivity contribution < 1.29 is 9.04 Å². The molecule has 0 amide bonds. The van der Waals surface area contributed by atoms with E-state index < -0.39 is 0 Å². The first-order valence-corrected chi connectivity index (χ1v) is 5.60. The topological polar surface area (TPSA) is 22.1 Å². The zero-order valence-electron chi connectivity index (χ0n) is 10.2. The molecule has 1 aliphatic heterocycles. The third-order valence-corrected chi connectivity index (χ3v) is 3.86. The van der Waals surface area contributed by atoms with Crippen LogP contribution in [0.4, 0.5) is 4.39 Å². The van der Waals surface area contributed by atoms with Gasteiger partial charge in [0.15, 0.2) is 0 Å². The molecule has 1 aromatic rings. The van der Waals surface area contributed by atoms with Gasteiger partial charge in [-0.25, -0.2) is 4.39 Å². The van der Waals surface area contributed by atoms with Crippen LogP contribution in [-0.4, -0.2) is 17.5 Å².